The Morgan fingerprint density at radius 3 is 3.06 bits per heavy atom. The number of carbonyl (C=O) groups is 1. The maximum absolute atomic E-state index is 12.3. The number of aromatic amines is 1. The zero-order valence-corrected chi connectivity index (χ0v) is 10.8. The Kier molecular flexibility index (Phi) is 3.37. The van der Waals surface area contributed by atoms with Crippen molar-refractivity contribution in [2.24, 2.45) is 11.3 Å². The van der Waals surface area contributed by atoms with Crippen LogP contribution < -0.4 is 5.32 Å². The SMILES string of the molecule is CC1(C)CCCCC1C(=O)Nc1[nH]ncc1C#N. The second-order valence-corrected chi connectivity index (χ2v) is 5.55. The highest BCUT2D eigenvalue weighted by Crippen LogP contribution is 2.41. The first-order chi connectivity index (χ1) is 8.54. The number of carbonyl (C=O) groups excluding carboxylic acids is 1. The summed E-state index contributed by atoms with van der Waals surface area (Å²) in [6, 6.07) is 2.00. The zero-order chi connectivity index (χ0) is 13.2. The van der Waals surface area contributed by atoms with E-state index in [1.807, 2.05) is 6.07 Å². The first-order valence-corrected chi connectivity index (χ1v) is 6.29. The molecule has 0 aliphatic heterocycles. The lowest BCUT2D eigenvalue weighted by atomic mass is 9.68. The van der Waals surface area contributed by atoms with Crippen molar-refractivity contribution in [2.75, 3.05) is 5.32 Å². The molecule has 1 heterocycles. The van der Waals surface area contributed by atoms with Crippen molar-refractivity contribution >= 4 is 11.7 Å². The van der Waals surface area contributed by atoms with Crippen LogP contribution in [0.2, 0.25) is 0 Å². The smallest absolute Gasteiger partial charge is 0.229 e. The molecule has 1 aromatic rings. The Labute approximate surface area is 107 Å². The second-order valence-electron chi connectivity index (χ2n) is 5.55. The Hall–Kier alpha value is -1.83. The molecule has 2 N–H and O–H groups in total. The largest absolute Gasteiger partial charge is 0.310 e. The molecule has 1 atom stereocenters. The predicted molar refractivity (Wildman–Crippen MR) is 67.7 cm³/mol. The van der Waals surface area contributed by atoms with E-state index in [-0.39, 0.29) is 17.2 Å². The van der Waals surface area contributed by atoms with Gasteiger partial charge in [0.1, 0.15) is 17.5 Å². The molecular weight excluding hydrogens is 228 g/mol. The molecule has 96 valence electrons. The lowest BCUT2D eigenvalue weighted by molar-refractivity contribution is -0.124. The number of nitrogens with one attached hydrogen (secondary N) is 2. The van der Waals surface area contributed by atoms with E-state index in [9.17, 15) is 4.79 Å². The maximum Gasteiger partial charge on any atom is 0.229 e. The van der Waals surface area contributed by atoms with Crippen LogP contribution in [-0.4, -0.2) is 16.1 Å². The molecule has 0 bridgehead atoms. The monoisotopic (exact) mass is 246 g/mol. The number of nitrogens with zero attached hydrogens (tertiary/aromatic N) is 2. The van der Waals surface area contributed by atoms with Gasteiger partial charge in [-0.25, -0.2) is 0 Å². The fraction of sp³-hybridized carbons (Fsp3) is 0.615. The Morgan fingerprint density at radius 1 is 1.61 bits per heavy atom. The van der Waals surface area contributed by atoms with Gasteiger partial charge in [-0.2, -0.15) is 10.4 Å². The number of rotatable bonds is 2. The van der Waals surface area contributed by atoms with Crippen molar-refractivity contribution in [1.29, 1.82) is 5.26 Å². The van der Waals surface area contributed by atoms with Crippen LogP contribution in [0.1, 0.15) is 45.1 Å². The van der Waals surface area contributed by atoms with Crippen LogP contribution in [0.5, 0.6) is 0 Å². The minimum absolute atomic E-state index is 0.00101. The molecule has 2 rings (SSSR count). The molecule has 0 radical (unpaired) electrons. The summed E-state index contributed by atoms with van der Waals surface area (Å²) in [6.07, 6.45) is 5.68. The van der Waals surface area contributed by atoms with E-state index < -0.39 is 0 Å². The molecule has 0 spiro atoms. The molecule has 1 fully saturated rings. The van der Waals surface area contributed by atoms with E-state index in [4.69, 9.17) is 5.26 Å². The normalized spacial score (nSPS) is 22.2. The average molecular weight is 246 g/mol. The maximum atomic E-state index is 12.3. The molecule has 1 unspecified atom stereocenters. The number of hydrogen-bond donors (Lipinski definition) is 2. The molecule has 0 saturated heterocycles. The summed E-state index contributed by atoms with van der Waals surface area (Å²) in [5.74, 6) is 0.394. The lowest BCUT2D eigenvalue weighted by Gasteiger charge is -2.37. The molecule has 0 aromatic carbocycles. The minimum atomic E-state index is -0.0135. The summed E-state index contributed by atoms with van der Waals surface area (Å²) in [5, 5.41) is 18.1. The first kappa shape index (κ1) is 12.6. The molecule has 1 aromatic heterocycles. The Morgan fingerprint density at radius 2 is 2.39 bits per heavy atom. The van der Waals surface area contributed by atoms with E-state index in [1.165, 1.54) is 12.6 Å². The van der Waals surface area contributed by atoms with Crippen molar-refractivity contribution in [3.05, 3.63) is 11.8 Å². The van der Waals surface area contributed by atoms with Crippen LogP contribution in [0.25, 0.3) is 0 Å². The van der Waals surface area contributed by atoms with Crippen molar-refractivity contribution < 1.29 is 4.79 Å². The van der Waals surface area contributed by atoms with Crippen molar-refractivity contribution in [3.8, 4) is 6.07 Å². The lowest BCUT2D eigenvalue weighted by Crippen LogP contribution is -2.37. The van der Waals surface area contributed by atoms with Gasteiger partial charge in [0.25, 0.3) is 0 Å². The van der Waals surface area contributed by atoms with E-state index in [0.29, 0.717) is 11.4 Å². The van der Waals surface area contributed by atoms with Gasteiger partial charge in [0.05, 0.1) is 6.20 Å². The van der Waals surface area contributed by atoms with E-state index >= 15 is 0 Å². The van der Waals surface area contributed by atoms with Crippen molar-refractivity contribution in [2.45, 2.75) is 39.5 Å². The highest BCUT2D eigenvalue weighted by molar-refractivity contribution is 5.93. The number of H-pyrrole nitrogens is 1. The second kappa shape index (κ2) is 4.81. The standard InChI is InChI=1S/C13H18N4O/c1-13(2)6-4-3-5-10(13)12(18)16-11-9(7-14)8-15-17-11/h8,10H,3-6H2,1-2H3,(H2,15,16,17,18). The van der Waals surface area contributed by atoms with Gasteiger partial charge in [0.2, 0.25) is 5.91 Å². The number of amides is 1. The van der Waals surface area contributed by atoms with Crippen molar-refractivity contribution in [1.82, 2.24) is 10.2 Å². The highest BCUT2D eigenvalue weighted by atomic mass is 16.2. The third-order valence-electron chi connectivity index (χ3n) is 3.83. The predicted octanol–water partition coefficient (Wildman–Crippen LogP) is 2.44. The molecule has 1 aliphatic rings. The number of anilines is 1. The van der Waals surface area contributed by atoms with Crippen LogP contribution in [0.3, 0.4) is 0 Å². The van der Waals surface area contributed by atoms with Crippen LogP contribution >= 0.6 is 0 Å². The van der Waals surface area contributed by atoms with Gasteiger partial charge in [0, 0.05) is 5.92 Å². The van der Waals surface area contributed by atoms with Crippen LogP contribution in [-0.2, 0) is 4.79 Å². The molecule has 18 heavy (non-hydrogen) atoms. The molecule has 1 amide bonds. The van der Waals surface area contributed by atoms with Crippen LogP contribution in [0.15, 0.2) is 6.20 Å². The molecule has 1 aliphatic carbocycles. The minimum Gasteiger partial charge on any atom is -0.310 e. The topological polar surface area (TPSA) is 81.6 Å². The van der Waals surface area contributed by atoms with Gasteiger partial charge in [-0.05, 0) is 18.3 Å². The average Bonchev–Trinajstić information content (AvgIpc) is 2.75. The van der Waals surface area contributed by atoms with Gasteiger partial charge >= 0.3 is 0 Å². The number of aromatic nitrogens is 2. The Balaban J connectivity index is 2.10. The fourth-order valence-corrected chi connectivity index (χ4v) is 2.66. The highest BCUT2D eigenvalue weighted by Gasteiger charge is 2.37. The van der Waals surface area contributed by atoms with Crippen molar-refractivity contribution in [3.63, 3.8) is 0 Å². The van der Waals surface area contributed by atoms with Gasteiger partial charge < -0.3 is 5.32 Å². The number of hydrogen-bond acceptors (Lipinski definition) is 3. The summed E-state index contributed by atoms with van der Waals surface area (Å²) >= 11 is 0. The zero-order valence-electron chi connectivity index (χ0n) is 10.8. The quantitative estimate of drug-likeness (QED) is 0.840. The van der Waals surface area contributed by atoms with Crippen LogP contribution in [0, 0.1) is 22.7 Å². The molecular formula is C13H18N4O. The van der Waals surface area contributed by atoms with Gasteiger partial charge in [-0.15, -0.1) is 0 Å². The summed E-state index contributed by atoms with van der Waals surface area (Å²) < 4.78 is 0. The van der Waals surface area contributed by atoms with Gasteiger partial charge in [-0.3, -0.25) is 9.89 Å². The summed E-state index contributed by atoms with van der Waals surface area (Å²) in [7, 11) is 0. The van der Waals surface area contributed by atoms with Crippen LogP contribution in [0.4, 0.5) is 5.82 Å². The summed E-state index contributed by atoms with van der Waals surface area (Å²) in [5.41, 5.74) is 0.395. The fourth-order valence-electron chi connectivity index (χ4n) is 2.66. The van der Waals surface area contributed by atoms with E-state index in [2.05, 4.69) is 29.4 Å². The molecule has 5 heteroatoms. The van der Waals surface area contributed by atoms with Gasteiger partial charge in [0.15, 0.2) is 0 Å². The molecule has 1 saturated carbocycles. The number of nitriles is 1. The van der Waals surface area contributed by atoms with E-state index in [0.717, 1.165) is 19.3 Å². The summed E-state index contributed by atoms with van der Waals surface area (Å²) in [4.78, 5) is 12.3. The molecule has 5 nitrogen and oxygen atoms in total. The van der Waals surface area contributed by atoms with Gasteiger partial charge in [-0.1, -0.05) is 26.7 Å². The first-order valence-electron chi connectivity index (χ1n) is 6.29. The van der Waals surface area contributed by atoms with E-state index in [1.54, 1.807) is 0 Å². The Bertz CT molecular complexity index is 483. The summed E-state index contributed by atoms with van der Waals surface area (Å²) in [6.45, 7) is 4.27. The third-order valence-corrected chi connectivity index (χ3v) is 3.83. The third kappa shape index (κ3) is 2.37.